The van der Waals surface area contributed by atoms with Crippen molar-refractivity contribution in [2.45, 2.75) is 322 Å². The van der Waals surface area contributed by atoms with Crippen molar-refractivity contribution >= 4 is 17.9 Å². The van der Waals surface area contributed by atoms with E-state index in [2.05, 4.69) is 154 Å². The number of hydrogen-bond donors (Lipinski definition) is 0. The van der Waals surface area contributed by atoms with E-state index in [4.69, 9.17) is 14.2 Å². The first-order chi connectivity index (χ1) is 41.0. The highest BCUT2D eigenvalue weighted by molar-refractivity contribution is 5.71. The van der Waals surface area contributed by atoms with Crippen molar-refractivity contribution in [3.05, 3.63) is 134 Å². The lowest BCUT2D eigenvalue weighted by atomic mass is 10.0. The Morgan fingerprint density at radius 1 is 0.253 bits per heavy atom. The van der Waals surface area contributed by atoms with E-state index < -0.39 is 6.10 Å². The summed E-state index contributed by atoms with van der Waals surface area (Å²) in [6, 6.07) is 0. The Balaban J connectivity index is 4.45. The topological polar surface area (TPSA) is 78.9 Å². The lowest BCUT2D eigenvalue weighted by molar-refractivity contribution is -0.167. The molecule has 0 saturated heterocycles. The molecule has 0 aromatic heterocycles. The minimum atomic E-state index is -0.813. The maximum Gasteiger partial charge on any atom is 0.306 e. The number of ether oxygens (including phenoxy) is 3. The Labute approximate surface area is 513 Å². The molecule has 0 heterocycles. The Bertz CT molecular complexity index is 1750. The molecule has 1 atom stereocenters. The van der Waals surface area contributed by atoms with Crippen molar-refractivity contribution in [1.29, 1.82) is 0 Å². The van der Waals surface area contributed by atoms with Crippen LogP contribution in [0, 0.1) is 0 Å². The van der Waals surface area contributed by atoms with Gasteiger partial charge in [-0.05, 0) is 109 Å². The molecule has 0 amide bonds. The van der Waals surface area contributed by atoms with E-state index in [0.717, 1.165) is 128 Å². The molecule has 83 heavy (non-hydrogen) atoms. The highest BCUT2D eigenvalue weighted by Gasteiger charge is 2.19. The van der Waals surface area contributed by atoms with Gasteiger partial charge in [-0.3, -0.25) is 14.4 Å². The lowest BCUT2D eigenvalue weighted by Crippen LogP contribution is -2.30. The van der Waals surface area contributed by atoms with Crippen LogP contribution in [-0.4, -0.2) is 37.2 Å². The molecule has 0 aliphatic carbocycles. The van der Waals surface area contributed by atoms with Crippen LogP contribution in [0.3, 0.4) is 0 Å². The minimum Gasteiger partial charge on any atom is -0.462 e. The molecular formula is C77H128O6. The molecule has 6 nitrogen and oxygen atoms in total. The van der Waals surface area contributed by atoms with Crippen LogP contribution in [0.1, 0.15) is 316 Å². The van der Waals surface area contributed by atoms with Crippen LogP contribution in [-0.2, 0) is 28.6 Å². The fourth-order valence-electron chi connectivity index (χ4n) is 9.54. The van der Waals surface area contributed by atoms with E-state index in [1.165, 1.54) is 141 Å². The first-order valence-corrected chi connectivity index (χ1v) is 34.7. The summed E-state index contributed by atoms with van der Waals surface area (Å²) < 4.78 is 16.9. The first-order valence-electron chi connectivity index (χ1n) is 34.7. The average molecular weight is 1150 g/mol. The molecule has 0 saturated carbocycles. The zero-order valence-corrected chi connectivity index (χ0v) is 54.2. The summed E-state index contributed by atoms with van der Waals surface area (Å²) >= 11 is 0. The smallest absolute Gasteiger partial charge is 0.306 e. The van der Waals surface area contributed by atoms with Gasteiger partial charge in [-0.1, -0.05) is 321 Å². The van der Waals surface area contributed by atoms with E-state index in [1.54, 1.807) is 0 Å². The van der Waals surface area contributed by atoms with Gasteiger partial charge in [0.05, 0.1) is 0 Å². The lowest BCUT2D eigenvalue weighted by Gasteiger charge is -2.18. The third-order valence-corrected chi connectivity index (χ3v) is 14.7. The van der Waals surface area contributed by atoms with Crippen molar-refractivity contribution in [1.82, 2.24) is 0 Å². The van der Waals surface area contributed by atoms with E-state index in [9.17, 15) is 14.4 Å². The second-order valence-electron chi connectivity index (χ2n) is 22.7. The SMILES string of the molecule is CC/C=C\C/C=C\C/C=C\C/C=C\C/C=C\C/C=C\CCCCCCCCC(=O)OCC(COC(=O)CCC/C=C\C/C=C\C/C=C\C/C=C\C/C=C\CC)OC(=O)CCCCCCCCCCCCCCCCCCCCCCCCC. The van der Waals surface area contributed by atoms with Gasteiger partial charge in [0.1, 0.15) is 13.2 Å². The third-order valence-electron chi connectivity index (χ3n) is 14.7. The number of esters is 3. The summed E-state index contributed by atoms with van der Waals surface area (Å²) in [5.41, 5.74) is 0. The quantitative estimate of drug-likeness (QED) is 0.0261. The maximum atomic E-state index is 13.0. The molecule has 0 N–H and O–H groups in total. The van der Waals surface area contributed by atoms with Crippen LogP contribution in [0.15, 0.2) is 134 Å². The summed E-state index contributed by atoms with van der Waals surface area (Å²) in [6.45, 7) is 6.38. The zero-order chi connectivity index (χ0) is 59.9. The van der Waals surface area contributed by atoms with Gasteiger partial charge in [-0.2, -0.15) is 0 Å². The fraction of sp³-hybridized carbons (Fsp3) is 0.675. The largest absolute Gasteiger partial charge is 0.462 e. The van der Waals surface area contributed by atoms with E-state index >= 15 is 0 Å². The molecule has 1 unspecified atom stereocenters. The summed E-state index contributed by atoms with van der Waals surface area (Å²) in [6.07, 6.45) is 99.1. The van der Waals surface area contributed by atoms with Gasteiger partial charge in [0, 0.05) is 19.3 Å². The van der Waals surface area contributed by atoms with Crippen LogP contribution in [0.2, 0.25) is 0 Å². The monoisotopic (exact) mass is 1150 g/mol. The van der Waals surface area contributed by atoms with E-state index in [-0.39, 0.29) is 37.5 Å². The zero-order valence-electron chi connectivity index (χ0n) is 54.2. The predicted molar refractivity (Wildman–Crippen MR) is 362 cm³/mol. The fourth-order valence-corrected chi connectivity index (χ4v) is 9.54. The van der Waals surface area contributed by atoms with Gasteiger partial charge in [0.25, 0.3) is 0 Å². The van der Waals surface area contributed by atoms with E-state index in [1.807, 2.05) is 0 Å². The molecule has 472 valence electrons. The Morgan fingerprint density at radius 3 is 0.783 bits per heavy atom. The van der Waals surface area contributed by atoms with Gasteiger partial charge in [-0.15, -0.1) is 0 Å². The van der Waals surface area contributed by atoms with Gasteiger partial charge in [0.15, 0.2) is 6.10 Å². The Morgan fingerprint density at radius 2 is 0.482 bits per heavy atom. The summed E-state index contributed by atoms with van der Waals surface area (Å²) in [4.78, 5) is 38.4. The molecule has 0 bridgehead atoms. The molecule has 0 aliphatic rings. The molecule has 0 fully saturated rings. The molecule has 0 aromatic rings. The van der Waals surface area contributed by atoms with Crippen LogP contribution in [0.5, 0.6) is 0 Å². The number of hydrogen-bond acceptors (Lipinski definition) is 6. The number of carbonyl (C=O) groups excluding carboxylic acids is 3. The van der Waals surface area contributed by atoms with Gasteiger partial charge < -0.3 is 14.2 Å². The minimum absolute atomic E-state index is 0.105. The molecule has 6 heteroatoms. The maximum absolute atomic E-state index is 13.0. The molecular weight excluding hydrogens is 1020 g/mol. The summed E-state index contributed by atoms with van der Waals surface area (Å²) in [5.74, 6) is -0.969. The number of unbranched alkanes of at least 4 members (excludes halogenated alkanes) is 29. The summed E-state index contributed by atoms with van der Waals surface area (Å²) in [5, 5.41) is 0. The van der Waals surface area contributed by atoms with Crippen molar-refractivity contribution in [2.24, 2.45) is 0 Å². The normalized spacial score (nSPS) is 13.0. The second kappa shape index (κ2) is 70.0. The predicted octanol–water partition coefficient (Wildman–Crippen LogP) is 24.1. The van der Waals surface area contributed by atoms with Crippen molar-refractivity contribution in [2.75, 3.05) is 13.2 Å². The van der Waals surface area contributed by atoms with Crippen LogP contribution >= 0.6 is 0 Å². The number of allylic oxidation sites excluding steroid dienone is 22. The number of carbonyl (C=O) groups is 3. The Hall–Kier alpha value is -4.45. The average Bonchev–Trinajstić information content (AvgIpc) is 3.49. The van der Waals surface area contributed by atoms with Crippen LogP contribution in [0.25, 0.3) is 0 Å². The molecule has 0 rings (SSSR count). The second-order valence-corrected chi connectivity index (χ2v) is 22.7. The Kier molecular flexibility index (Phi) is 66.3. The highest BCUT2D eigenvalue weighted by Crippen LogP contribution is 2.17. The van der Waals surface area contributed by atoms with Crippen LogP contribution < -0.4 is 0 Å². The van der Waals surface area contributed by atoms with Crippen molar-refractivity contribution in [3.8, 4) is 0 Å². The molecule has 0 aliphatic heterocycles. The van der Waals surface area contributed by atoms with Crippen molar-refractivity contribution in [3.63, 3.8) is 0 Å². The summed E-state index contributed by atoms with van der Waals surface area (Å²) in [7, 11) is 0. The standard InChI is InChI=1S/C77H128O6/c1-4-7-10-13-16-19-22-25-28-31-33-35-37-38-40-41-43-46-49-52-55-58-61-64-67-70-76(79)82-73-74(72-81-75(78)69-66-63-60-57-54-51-48-45-30-27-24-21-18-15-12-9-6-3)83-77(80)71-68-65-62-59-56-53-50-47-44-42-39-36-34-32-29-26-23-20-17-14-11-8-5-2/h7,9-10,12,16,18-19,21,25,27-28,30,33,35,38,40,43,46,48,51,57,60,74H,4-6,8,11,13-15,17,20,22-24,26,29,31-32,34,36-37,39,41-42,44-45,47,49-50,52-56,58-59,61-73H2,1-3H3/b10-7-,12-9-,19-16-,21-18-,28-25-,30-27-,35-33-,40-38-,46-43-,51-48-,60-57-. The van der Waals surface area contributed by atoms with E-state index in [0.29, 0.717) is 19.3 Å². The first kappa shape index (κ1) is 78.5. The third kappa shape index (κ3) is 68.2. The van der Waals surface area contributed by atoms with Gasteiger partial charge in [-0.25, -0.2) is 0 Å². The highest BCUT2D eigenvalue weighted by atomic mass is 16.6. The van der Waals surface area contributed by atoms with Crippen LogP contribution in [0.4, 0.5) is 0 Å². The van der Waals surface area contributed by atoms with Gasteiger partial charge >= 0.3 is 17.9 Å². The van der Waals surface area contributed by atoms with Crippen molar-refractivity contribution < 1.29 is 28.6 Å². The number of rotatable bonds is 62. The molecule has 0 radical (unpaired) electrons. The van der Waals surface area contributed by atoms with Gasteiger partial charge in [0.2, 0.25) is 0 Å². The molecule has 0 aromatic carbocycles. The molecule has 0 spiro atoms.